The van der Waals surface area contributed by atoms with Crippen LogP contribution < -0.4 is 0 Å². The van der Waals surface area contributed by atoms with Gasteiger partial charge in [-0.05, 0) is 94.9 Å². The molecule has 0 saturated heterocycles. The van der Waals surface area contributed by atoms with Crippen molar-refractivity contribution in [3.05, 3.63) is 222 Å². The second-order valence-electron chi connectivity index (χ2n) is 16.3. The molecule has 11 rings (SSSR count). The first kappa shape index (κ1) is 35.6. The van der Waals surface area contributed by atoms with Gasteiger partial charge in [-0.15, -0.1) is 0 Å². The summed E-state index contributed by atoms with van der Waals surface area (Å²) in [6.45, 7) is 11.3. The minimum atomic E-state index is -0.163. The number of hydrogen-bond donors (Lipinski definition) is 0. The van der Waals surface area contributed by atoms with Gasteiger partial charge in [-0.1, -0.05) is 154 Å². The summed E-state index contributed by atoms with van der Waals surface area (Å²) in [4.78, 5) is 10.8. The SMILES string of the molecule is C=C(N=C(N=C(C)c1ccc2c(c1)c1ccccc1n2-c1ccccc1)c1cccc2c1-c1ccccc1C2(C)C)c1ccc(-n2c3ccccc3c3ccccc32)cc1. The first-order chi connectivity index (χ1) is 29.4. The quantitative estimate of drug-likeness (QED) is 0.119. The maximum Gasteiger partial charge on any atom is 0.160 e. The monoisotopic (exact) mass is 770 g/mol. The second kappa shape index (κ2) is 13.8. The Morgan fingerprint density at radius 2 is 0.983 bits per heavy atom. The molecular weight excluding hydrogens is 729 g/mol. The Balaban J connectivity index is 1.05. The smallest absolute Gasteiger partial charge is 0.160 e. The third-order valence-electron chi connectivity index (χ3n) is 12.5. The Kier molecular flexibility index (Phi) is 8.18. The van der Waals surface area contributed by atoms with E-state index in [2.05, 4.69) is 225 Å². The van der Waals surface area contributed by atoms with Gasteiger partial charge in [0, 0.05) is 49.6 Å². The first-order valence-corrected chi connectivity index (χ1v) is 20.6. The van der Waals surface area contributed by atoms with Crippen molar-refractivity contribution in [2.24, 2.45) is 9.98 Å². The van der Waals surface area contributed by atoms with E-state index in [4.69, 9.17) is 9.98 Å². The Morgan fingerprint density at radius 1 is 0.467 bits per heavy atom. The van der Waals surface area contributed by atoms with Crippen molar-refractivity contribution >= 4 is 60.9 Å². The summed E-state index contributed by atoms with van der Waals surface area (Å²) < 4.78 is 4.68. The maximum atomic E-state index is 5.45. The summed E-state index contributed by atoms with van der Waals surface area (Å²) >= 11 is 0. The minimum Gasteiger partial charge on any atom is -0.309 e. The van der Waals surface area contributed by atoms with Crippen LogP contribution in [0.1, 0.15) is 48.6 Å². The average Bonchev–Trinajstić information content (AvgIpc) is 3.89. The van der Waals surface area contributed by atoms with Gasteiger partial charge >= 0.3 is 0 Å². The number of nitrogens with zero attached hydrogens (tertiary/aromatic N) is 4. The van der Waals surface area contributed by atoms with Gasteiger partial charge in [0.15, 0.2) is 5.84 Å². The Morgan fingerprint density at radius 3 is 1.65 bits per heavy atom. The van der Waals surface area contributed by atoms with Gasteiger partial charge in [0.1, 0.15) is 0 Å². The molecule has 0 atom stereocenters. The Bertz CT molecular complexity index is 3360. The molecule has 0 N–H and O–H groups in total. The minimum absolute atomic E-state index is 0.163. The standard InChI is InChI=1S/C56H42N4/c1-36(38-29-32-41(33-30-38)60-50-26-13-9-19-42(50)43-20-10-14-27-51(43)60)57-55(46-23-16-25-49-54(46)45-22-8-12-24-48(45)56(49,3)4)58-37(2)39-31-34-53-47(35-39)44-21-11-15-28-52(44)59(53)40-17-6-5-7-18-40/h5-35H,1H2,2-4H3. The molecule has 0 spiro atoms. The number of hydrogen-bond acceptors (Lipinski definition) is 1. The molecule has 2 heterocycles. The molecule has 4 heteroatoms. The van der Waals surface area contributed by atoms with E-state index in [0.29, 0.717) is 11.5 Å². The topological polar surface area (TPSA) is 34.6 Å². The molecule has 2 aromatic heterocycles. The lowest BCUT2D eigenvalue weighted by molar-refractivity contribution is 0.660. The van der Waals surface area contributed by atoms with Crippen molar-refractivity contribution in [1.29, 1.82) is 0 Å². The van der Waals surface area contributed by atoms with Gasteiger partial charge in [-0.25, -0.2) is 9.98 Å². The van der Waals surface area contributed by atoms with Crippen molar-refractivity contribution in [1.82, 2.24) is 9.13 Å². The van der Waals surface area contributed by atoms with Crippen LogP contribution in [-0.2, 0) is 5.41 Å². The lowest BCUT2D eigenvalue weighted by Gasteiger charge is -2.21. The fourth-order valence-electron chi connectivity index (χ4n) is 9.56. The van der Waals surface area contributed by atoms with Crippen LogP contribution in [0.15, 0.2) is 205 Å². The largest absolute Gasteiger partial charge is 0.309 e. The second-order valence-corrected chi connectivity index (χ2v) is 16.3. The summed E-state index contributed by atoms with van der Waals surface area (Å²) in [6.07, 6.45) is 0. The molecular formula is C56H42N4. The van der Waals surface area contributed by atoms with Crippen LogP contribution in [0.4, 0.5) is 0 Å². The normalized spacial score (nSPS) is 13.7. The third-order valence-corrected chi connectivity index (χ3v) is 12.5. The van der Waals surface area contributed by atoms with E-state index in [-0.39, 0.29) is 5.41 Å². The van der Waals surface area contributed by atoms with Gasteiger partial charge in [-0.2, -0.15) is 0 Å². The summed E-state index contributed by atoms with van der Waals surface area (Å²) in [6, 6.07) is 67.0. The highest BCUT2D eigenvalue weighted by atomic mass is 15.0. The zero-order valence-electron chi connectivity index (χ0n) is 33.9. The number of aliphatic imine (C=N–C) groups is 2. The van der Waals surface area contributed by atoms with Crippen molar-refractivity contribution in [3.8, 4) is 22.5 Å². The highest BCUT2D eigenvalue weighted by Crippen LogP contribution is 2.50. The lowest BCUT2D eigenvalue weighted by atomic mass is 9.82. The molecule has 1 aliphatic rings. The number of benzene rings is 8. The van der Waals surface area contributed by atoms with E-state index in [1.807, 2.05) is 0 Å². The van der Waals surface area contributed by atoms with Gasteiger partial charge < -0.3 is 9.13 Å². The maximum absolute atomic E-state index is 5.45. The molecule has 0 radical (unpaired) electrons. The zero-order valence-corrected chi connectivity index (χ0v) is 33.9. The van der Waals surface area contributed by atoms with Crippen LogP contribution in [0.3, 0.4) is 0 Å². The van der Waals surface area contributed by atoms with Crippen LogP contribution in [0.25, 0.3) is 71.8 Å². The number of rotatable bonds is 6. The number of aromatic nitrogens is 2. The van der Waals surface area contributed by atoms with E-state index in [9.17, 15) is 0 Å². The third kappa shape index (κ3) is 5.52. The van der Waals surface area contributed by atoms with Gasteiger partial charge in [-0.3, -0.25) is 0 Å². The summed E-state index contributed by atoms with van der Waals surface area (Å²) in [5.41, 5.74) is 16.3. The van der Waals surface area contributed by atoms with Crippen LogP contribution in [0, 0.1) is 0 Å². The average molecular weight is 771 g/mol. The van der Waals surface area contributed by atoms with Crippen LogP contribution in [0.5, 0.6) is 0 Å². The molecule has 0 aliphatic heterocycles. The van der Waals surface area contributed by atoms with E-state index in [1.54, 1.807) is 0 Å². The molecule has 0 fully saturated rings. The molecule has 8 aromatic carbocycles. The van der Waals surface area contributed by atoms with Crippen LogP contribution in [0.2, 0.25) is 0 Å². The molecule has 286 valence electrons. The van der Waals surface area contributed by atoms with Crippen molar-refractivity contribution in [2.45, 2.75) is 26.2 Å². The van der Waals surface area contributed by atoms with E-state index in [1.165, 1.54) is 60.3 Å². The fraction of sp³-hybridized carbons (Fsp3) is 0.0714. The predicted octanol–water partition coefficient (Wildman–Crippen LogP) is 14.1. The lowest BCUT2D eigenvalue weighted by Crippen LogP contribution is -2.15. The van der Waals surface area contributed by atoms with Gasteiger partial charge in [0.2, 0.25) is 0 Å². The van der Waals surface area contributed by atoms with Crippen LogP contribution >= 0.6 is 0 Å². The highest BCUT2D eigenvalue weighted by molar-refractivity contribution is 6.18. The predicted molar refractivity (Wildman–Crippen MR) is 253 cm³/mol. The zero-order chi connectivity index (χ0) is 40.5. The van der Waals surface area contributed by atoms with Crippen molar-refractivity contribution in [2.75, 3.05) is 0 Å². The summed E-state index contributed by atoms with van der Waals surface area (Å²) in [5, 5.41) is 4.87. The van der Waals surface area contributed by atoms with Gasteiger partial charge in [0.05, 0.1) is 27.8 Å². The van der Waals surface area contributed by atoms with E-state index >= 15 is 0 Å². The molecule has 0 bridgehead atoms. The van der Waals surface area contributed by atoms with Crippen LogP contribution in [-0.4, -0.2) is 20.7 Å². The Hall–Kier alpha value is -7.56. The Labute approximate surface area is 349 Å². The number of fused-ring (bicyclic) bond motifs is 9. The van der Waals surface area contributed by atoms with Gasteiger partial charge in [0.25, 0.3) is 0 Å². The molecule has 4 nitrogen and oxygen atoms in total. The molecule has 10 aromatic rings. The molecule has 0 saturated carbocycles. The molecule has 1 aliphatic carbocycles. The van der Waals surface area contributed by atoms with Crippen molar-refractivity contribution in [3.63, 3.8) is 0 Å². The molecule has 60 heavy (non-hydrogen) atoms. The molecule has 0 unspecified atom stereocenters. The summed E-state index contributed by atoms with van der Waals surface area (Å²) in [7, 11) is 0. The van der Waals surface area contributed by atoms with Crippen molar-refractivity contribution < 1.29 is 0 Å². The first-order valence-electron chi connectivity index (χ1n) is 20.6. The highest BCUT2D eigenvalue weighted by Gasteiger charge is 2.37. The number of amidine groups is 1. The van der Waals surface area contributed by atoms with E-state index in [0.717, 1.165) is 39.3 Å². The number of para-hydroxylation sites is 4. The summed E-state index contributed by atoms with van der Waals surface area (Å²) in [5.74, 6) is 0.639. The molecule has 0 amide bonds. The van der Waals surface area contributed by atoms with E-state index < -0.39 is 0 Å². The fourth-order valence-corrected chi connectivity index (χ4v) is 9.56.